The SMILES string of the molecule is COc1ccc(NC(=O)CCN2Cc3ccccc3C2=O)cc1OC. The number of carbonyl (C=O) groups is 2. The summed E-state index contributed by atoms with van der Waals surface area (Å²) in [5, 5.41) is 2.82. The highest BCUT2D eigenvalue weighted by atomic mass is 16.5. The summed E-state index contributed by atoms with van der Waals surface area (Å²) in [6.07, 6.45) is 0.230. The molecule has 0 aromatic heterocycles. The van der Waals surface area contributed by atoms with Crippen LogP contribution in [0.15, 0.2) is 42.5 Å². The first-order valence-electron chi connectivity index (χ1n) is 8.01. The molecular formula is C19H20N2O4. The molecule has 2 amide bonds. The first kappa shape index (κ1) is 16.8. The third-order valence-corrected chi connectivity index (χ3v) is 4.17. The Kier molecular flexibility index (Phi) is 4.88. The fraction of sp³-hybridized carbons (Fsp3) is 0.263. The van der Waals surface area contributed by atoms with Crippen LogP contribution in [0.2, 0.25) is 0 Å². The Labute approximate surface area is 146 Å². The van der Waals surface area contributed by atoms with Gasteiger partial charge in [0.15, 0.2) is 11.5 Å². The third kappa shape index (κ3) is 3.57. The number of methoxy groups -OCH3 is 2. The van der Waals surface area contributed by atoms with E-state index < -0.39 is 0 Å². The summed E-state index contributed by atoms with van der Waals surface area (Å²) in [5.74, 6) is 0.969. The van der Waals surface area contributed by atoms with E-state index in [1.54, 1.807) is 37.3 Å². The predicted molar refractivity (Wildman–Crippen MR) is 94.0 cm³/mol. The van der Waals surface area contributed by atoms with Crippen molar-refractivity contribution in [2.75, 3.05) is 26.1 Å². The molecular weight excluding hydrogens is 320 g/mol. The zero-order valence-electron chi connectivity index (χ0n) is 14.2. The van der Waals surface area contributed by atoms with E-state index in [0.717, 1.165) is 11.1 Å². The van der Waals surface area contributed by atoms with Crippen molar-refractivity contribution in [3.63, 3.8) is 0 Å². The van der Waals surface area contributed by atoms with Gasteiger partial charge in [-0.2, -0.15) is 0 Å². The average molecular weight is 340 g/mol. The summed E-state index contributed by atoms with van der Waals surface area (Å²) in [6.45, 7) is 0.936. The van der Waals surface area contributed by atoms with E-state index in [9.17, 15) is 9.59 Å². The van der Waals surface area contributed by atoms with Crippen LogP contribution in [0.25, 0.3) is 0 Å². The molecule has 0 saturated heterocycles. The van der Waals surface area contributed by atoms with Crippen molar-refractivity contribution in [2.45, 2.75) is 13.0 Å². The van der Waals surface area contributed by atoms with Crippen LogP contribution in [0.5, 0.6) is 11.5 Å². The maximum Gasteiger partial charge on any atom is 0.254 e. The standard InChI is InChI=1S/C19H20N2O4/c1-24-16-8-7-14(11-17(16)25-2)20-18(22)9-10-21-12-13-5-3-4-6-15(13)19(21)23/h3-8,11H,9-10,12H2,1-2H3,(H,20,22). The Bertz CT molecular complexity index is 804. The van der Waals surface area contributed by atoms with Gasteiger partial charge in [-0.1, -0.05) is 18.2 Å². The summed E-state index contributed by atoms with van der Waals surface area (Å²) in [7, 11) is 3.10. The van der Waals surface area contributed by atoms with Crippen molar-refractivity contribution in [3.05, 3.63) is 53.6 Å². The summed E-state index contributed by atoms with van der Waals surface area (Å²) in [4.78, 5) is 26.2. The van der Waals surface area contributed by atoms with E-state index in [1.807, 2.05) is 24.3 Å². The van der Waals surface area contributed by atoms with Gasteiger partial charge in [0.05, 0.1) is 14.2 Å². The number of nitrogens with zero attached hydrogens (tertiary/aromatic N) is 1. The molecule has 1 N–H and O–H groups in total. The molecule has 1 aliphatic heterocycles. The Balaban J connectivity index is 1.57. The second-order valence-corrected chi connectivity index (χ2v) is 5.75. The molecule has 0 radical (unpaired) electrons. The van der Waals surface area contributed by atoms with Gasteiger partial charge in [0.25, 0.3) is 5.91 Å². The Morgan fingerprint density at radius 1 is 1.12 bits per heavy atom. The molecule has 1 aliphatic rings. The van der Waals surface area contributed by atoms with Gasteiger partial charge in [-0.3, -0.25) is 9.59 Å². The minimum Gasteiger partial charge on any atom is -0.493 e. The number of fused-ring (bicyclic) bond motifs is 1. The Morgan fingerprint density at radius 3 is 2.60 bits per heavy atom. The fourth-order valence-electron chi connectivity index (χ4n) is 2.87. The van der Waals surface area contributed by atoms with Crippen molar-refractivity contribution < 1.29 is 19.1 Å². The maximum absolute atomic E-state index is 12.3. The van der Waals surface area contributed by atoms with Gasteiger partial charge in [-0.25, -0.2) is 0 Å². The van der Waals surface area contributed by atoms with Gasteiger partial charge in [-0.15, -0.1) is 0 Å². The topological polar surface area (TPSA) is 67.9 Å². The zero-order valence-corrected chi connectivity index (χ0v) is 14.2. The lowest BCUT2D eigenvalue weighted by Crippen LogP contribution is -2.28. The first-order chi connectivity index (χ1) is 12.1. The van der Waals surface area contributed by atoms with E-state index in [4.69, 9.17) is 9.47 Å². The predicted octanol–water partition coefficient (Wildman–Crippen LogP) is 2.69. The maximum atomic E-state index is 12.3. The van der Waals surface area contributed by atoms with Crippen LogP contribution >= 0.6 is 0 Å². The number of hydrogen-bond donors (Lipinski definition) is 1. The van der Waals surface area contributed by atoms with Gasteiger partial charge in [0.1, 0.15) is 0 Å². The highest BCUT2D eigenvalue weighted by Gasteiger charge is 2.26. The zero-order chi connectivity index (χ0) is 17.8. The van der Waals surface area contributed by atoms with Crippen molar-refractivity contribution >= 4 is 17.5 Å². The van der Waals surface area contributed by atoms with Gasteiger partial charge >= 0.3 is 0 Å². The number of nitrogens with one attached hydrogen (secondary N) is 1. The van der Waals surface area contributed by atoms with Gasteiger partial charge < -0.3 is 19.7 Å². The van der Waals surface area contributed by atoms with Gasteiger partial charge in [0, 0.05) is 36.8 Å². The summed E-state index contributed by atoms with van der Waals surface area (Å²) in [5.41, 5.74) is 2.36. The first-order valence-corrected chi connectivity index (χ1v) is 8.01. The van der Waals surface area contributed by atoms with Gasteiger partial charge in [-0.05, 0) is 23.8 Å². The molecule has 0 atom stereocenters. The molecule has 6 heteroatoms. The molecule has 0 fully saturated rings. The minimum atomic E-state index is -0.157. The number of carbonyl (C=O) groups excluding carboxylic acids is 2. The molecule has 1 heterocycles. The van der Waals surface area contributed by atoms with Crippen LogP contribution in [0.3, 0.4) is 0 Å². The lowest BCUT2D eigenvalue weighted by molar-refractivity contribution is -0.116. The lowest BCUT2D eigenvalue weighted by Gasteiger charge is -2.15. The molecule has 3 rings (SSSR count). The van der Waals surface area contributed by atoms with Crippen LogP contribution in [-0.2, 0) is 11.3 Å². The monoisotopic (exact) mass is 340 g/mol. The smallest absolute Gasteiger partial charge is 0.254 e. The number of ether oxygens (including phenoxy) is 2. The molecule has 0 bridgehead atoms. The van der Waals surface area contributed by atoms with E-state index in [0.29, 0.717) is 30.3 Å². The van der Waals surface area contributed by atoms with Crippen molar-refractivity contribution in [2.24, 2.45) is 0 Å². The van der Waals surface area contributed by atoms with Crippen molar-refractivity contribution in [1.29, 1.82) is 0 Å². The number of hydrogen-bond acceptors (Lipinski definition) is 4. The van der Waals surface area contributed by atoms with Crippen LogP contribution in [-0.4, -0.2) is 37.5 Å². The van der Waals surface area contributed by atoms with Crippen molar-refractivity contribution in [1.82, 2.24) is 4.90 Å². The van der Waals surface area contributed by atoms with E-state index in [2.05, 4.69) is 5.32 Å². The molecule has 0 spiro atoms. The van der Waals surface area contributed by atoms with Crippen molar-refractivity contribution in [3.8, 4) is 11.5 Å². The van der Waals surface area contributed by atoms with Crippen LogP contribution in [0.1, 0.15) is 22.3 Å². The largest absolute Gasteiger partial charge is 0.493 e. The lowest BCUT2D eigenvalue weighted by atomic mass is 10.1. The van der Waals surface area contributed by atoms with E-state index in [1.165, 1.54) is 0 Å². The normalized spacial score (nSPS) is 12.7. The second kappa shape index (κ2) is 7.25. The molecule has 0 unspecified atom stereocenters. The number of anilines is 1. The fourth-order valence-corrected chi connectivity index (χ4v) is 2.87. The molecule has 25 heavy (non-hydrogen) atoms. The summed E-state index contributed by atoms with van der Waals surface area (Å²) < 4.78 is 10.4. The minimum absolute atomic E-state index is 0.0190. The van der Waals surface area contributed by atoms with E-state index in [-0.39, 0.29) is 18.2 Å². The molecule has 2 aromatic rings. The van der Waals surface area contributed by atoms with E-state index >= 15 is 0 Å². The average Bonchev–Trinajstić information content (AvgIpc) is 2.96. The number of benzene rings is 2. The van der Waals surface area contributed by atoms with Crippen LogP contribution in [0, 0.1) is 0 Å². The van der Waals surface area contributed by atoms with Crippen LogP contribution < -0.4 is 14.8 Å². The summed E-state index contributed by atoms with van der Waals surface area (Å²) in [6, 6.07) is 12.7. The molecule has 2 aromatic carbocycles. The highest BCUT2D eigenvalue weighted by molar-refractivity contribution is 5.98. The second-order valence-electron chi connectivity index (χ2n) is 5.75. The summed E-state index contributed by atoms with van der Waals surface area (Å²) >= 11 is 0. The number of amides is 2. The Morgan fingerprint density at radius 2 is 1.88 bits per heavy atom. The Hall–Kier alpha value is -3.02. The van der Waals surface area contributed by atoms with Gasteiger partial charge in [0.2, 0.25) is 5.91 Å². The molecule has 0 saturated carbocycles. The number of rotatable bonds is 6. The highest BCUT2D eigenvalue weighted by Crippen LogP contribution is 2.29. The van der Waals surface area contributed by atoms with Crippen LogP contribution in [0.4, 0.5) is 5.69 Å². The third-order valence-electron chi connectivity index (χ3n) is 4.17. The molecule has 6 nitrogen and oxygen atoms in total. The molecule has 0 aliphatic carbocycles. The molecule has 130 valence electrons. The quantitative estimate of drug-likeness (QED) is 0.878.